The average molecular weight is 443 g/mol. The smallest absolute Gasteiger partial charge is 0.264 e. The second-order valence-electron chi connectivity index (χ2n) is 6.60. The van der Waals surface area contributed by atoms with Gasteiger partial charge in [0.2, 0.25) is 0 Å². The number of ether oxygens (including phenoxy) is 1. The molecule has 0 bridgehead atoms. The molecule has 2 aromatic carbocycles. The molecule has 2 heterocycles. The van der Waals surface area contributed by atoms with E-state index in [4.69, 9.17) is 17.0 Å². The Morgan fingerprint density at radius 3 is 2.55 bits per heavy atom. The fourth-order valence-corrected chi connectivity index (χ4v) is 3.62. The first-order chi connectivity index (χ1) is 14.9. The number of nitrogens with one attached hydrogen (secondary N) is 1. The van der Waals surface area contributed by atoms with Gasteiger partial charge in [0.1, 0.15) is 11.6 Å². The molecule has 5 nitrogen and oxygen atoms in total. The van der Waals surface area contributed by atoms with Gasteiger partial charge in [0.05, 0.1) is 23.4 Å². The van der Waals surface area contributed by atoms with Crippen LogP contribution in [0, 0.1) is 10.6 Å². The van der Waals surface area contributed by atoms with Crippen LogP contribution in [-0.2, 0) is 0 Å². The molecule has 0 spiro atoms. The Kier molecular flexibility index (Phi) is 5.60. The maximum absolute atomic E-state index is 14.0. The number of aromatic amines is 1. The van der Waals surface area contributed by atoms with Crippen LogP contribution in [0.2, 0.25) is 0 Å². The molecule has 4 rings (SSSR count). The number of fused-ring (bicyclic) bond motifs is 1. The minimum atomic E-state index is -2.95. The summed E-state index contributed by atoms with van der Waals surface area (Å²) in [6, 6.07) is 13.3. The second-order valence-corrected chi connectivity index (χ2v) is 6.99. The van der Waals surface area contributed by atoms with Crippen LogP contribution in [-0.4, -0.2) is 21.1 Å². The van der Waals surface area contributed by atoms with E-state index < -0.39 is 23.4 Å². The third-order valence-electron chi connectivity index (χ3n) is 4.67. The number of alkyl halides is 2. The zero-order valence-electron chi connectivity index (χ0n) is 16.2. The molecule has 158 valence electrons. The maximum Gasteiger partial charge on any atom is 0.264 e. The summed E-state index contributed by atoms with van der Waals surface area (Å²) in [6.45, 7) is 2.17. The van der Waals surface area contributed by atoms with Crippen molar-refractivity contribution in [2.45, 2.75) is 13.3 Å². The molecule has 0 aliphatic carbocycles. The highest BCUT2D eigenvalue weighted by molar-refractivity contribution is 7.71. The summed E-state index contributed by atoms with van der Waals surface area (Å²) in [4.78, 5) is 19.6. The van der Waals surface area contributed by atoms with Gasteiger partial charge in [0, 0.05) is 11.1 Å². The van der Waals surface area contributed by atoms with Crippen LogP contribution in [0.4, 0.5) is 13.2 Å². The van der Waals surface area contributed by atoms with E-state index in [0.29, 0.717) is 23.6 Å². The molecule has 0 fully saturated rings. The van der Waals surface area contributed by atoms with Crippen LogP contribution in [0.5, 0.6) is 5.75 Å². The Bertz CT molecular complexity index is 1380. The van der Waals surface area contributed by atoms with Crippen molar-refractivity contribution >= 4 is 23.3 Å². The van der Waals surface area contributed by atoms with Crippen molar-refractivity contribution in [3.8, 4) is 22.7 Å². The van der Waals surface area contributed by atoms with E-state index in [1.165, 1.54) is 28.8 Å². The first-order valence-electron chi connectivity index (χ1n) is 9.37. The first kappa shape index (κ1) is 20.8. The molecule has 0 unspecified atom stereocenters. The number of aromatic nitrogens is 3. The van der Waals surface area contributed by atoms with Crippen LogP contribution in [0.1, 0.15) is 18.9 Å². The second kappa shape index (κ2) is 8.35. The highest BCUT2D eigenvalue weighted by atomic mass is 32.1. The third-order valence-corrected chi connectivity index (χ3v) is 4.96. The predicted octanol–water partition coefficient (Wildman–Crippen LogP) is 5.59. The molecular weight excluding hydrogens is 427 g/mol. The van der Waals surface area contributed by atoms with Crippen LogP contribution < -0.4 is 10.3 Å². The van der Waals surface area contributed by atoms with Gasteiger partial charge in [-0.25, -0.2) is 18.2 Å². The van der Waals surface area contributed by atoms with E-state index in [0.717, 1.165) is 6.07 Å². The fourth-order valence-electron chi connectivity index (χ4n) is 3.34. The lowest BCUT2D eigenvalue weighted by molar-refractivity contribution is 0.153. The molecule has 1 N–H and O–H groups in total. The summed E-state index contributed by atoms with van der Waals surface area (Å²) in [7, 11) is 0. The highest BCUT2D eigenvalue weighted by Gasteiger charge is 2.22. The van der Waals surface area contributed by atoms with Crippen molar-refractivity contribution in [1.29, 1.82) is 0 Å². The summed E-state index contributed by atoms with van der Waals surface area (Å²) < 4.78 is 48.3. The molecule has 0 saturated heterocycles. The van der Waals surface area contributed by atoms with Gasteiger partial charge in [-0.15, -0.1) is 0 Å². The minimum absolute atomic E-state index is 0.0198. The monoisotopic (exact) mass is 443 g/mol. The molecule has 0 atom stereocenters. The largest absolute Gasteiger partial charge is 0.492 e. The van der Waals surface area contributed by atoms with Crippen LogP contribution >= 0.6 is 12.2 Å². The van der Waals surface area contributed by atoms with Gasteiger partial charge in [-0.3, -0.25) is 14.3 Å². The van der Waals surface area contributed by atoms with Crippen LogP contribution in [0.15, 0.2) is 59.4 Å². The van der Waals surface area contributed by atoms with Crippen molar-refractivity contribution in [3.05, 3.63) is 81.1 Å². The number of hydrogen-bond donors (Lipinski definition) is 1. The van der Waals surface area contributed by atoms with Gasteiger partial charge in [-0.05, 0) is 61.6 Å². The molecule has 0 aliphatic rings. The summed E-state index contributed by atoms with van der Waals surface area (Å²) in [5, 5.41) is -0.277. The van der Waals surface area contributed by atoms with E-state index in [-0.39, 0.29) is 21.5 Å². The Labute approximate surface area is 179 Å². The average Bonchev–Trinajstić information content (AvgIpc) is 2.74. The quantitative estimate of drug-likeness (QED) is 0.409. The van der Waals surface area contributed by atoms with E-state index in [1.807, 2.05) is 0 Å². The number of para-hydroxylation sites is 2. The molecular formula is C22H16F3N3O2S. The normalized spacial score (nSPS) is 11.3. The zero-order chi connectivity index (χ0) is 22.1. The van der Waals surface area contributed by atoms with Gasteiger partial charge in [-0.1, -0.05) is 12.1 Å². The van der Waals surface area contributed by atoms with Gasteiger partial charge < -0.3 is 4.74 Å². The molecule has 2 aromatic heterocycles. The zero-order valence-corrected chi connectivity index (χ0v) is 17.1. The number of pyridine rings is 1. The van der Waals surface area contributed by atoms with E-state index in [1.54, 1.807) is 31.2 Å². The number of hydrogen-bond acceptors (Lipinski definition) is 4. The number of benzene rings is 2. The summed E-state index contributed by atoms with van der Waals surface area (Å²) in [6.07, 6.45) is -2.95. The van der Waals surface area contributed by atoms with E-state index in [2.05, 4.69) is 9.97 Å². The third kappa shape index (κ3) is 3.84. The predicted molar refractivity (Wildman–Crippen MR) is 114 cm³/mol. The van der Waals surface area contributed by atoms with E-state index in [9.17, 15) is 18.0 Å². The first-order valence-corrected chi connectivity index (χ1v) is 9.77. The van der Waals surface area contributed by atoms with Crippen molar-refractivity contribution in [2.75, 3.05) is 6.61 Å². The van der Waals surface area contributed by atoms with Crippen molar-refractivity contribution in [1.82, 2.24) is 14.5 Å². The van der Waals surface area contributed by atoms with Crippen LogP contribution in [0.25, 0.3) is 28.0 Å². The van der Waals surface area contributed by atoms with Crippen molar-refractivity contribution in [2.24, 2.45) is 0 Å². The van der Waals surface area contributed by atoms with Gasteiger partial charge >= 0.3 is 0 Å². The molecule has 0 amide bonds. The number of H-pyrrole nitrogens is 1. The lowest BCUT2D eigenvalue weighted by atomic mass is 10.1. The lowest BCUT2D eigenvalue weighted by Gasteiger charge is -2.17. The SMILES string of the molecule is CCOc1ccccc1-n1c(=S)[nH]c(=O)c2c(C(F)F)cc(-c3ccc(F)cc3)nc21. The summed E-state index contributed by atoms with van der Waals surface area (Å²) in [5.74, 6) is -0.0225. The molecule has 31 heavy (non-hydrogen) atoms. The maximum atomic E-state index is 14.0. The number of halogens is 3. The molecule has 4 aromatic rings. The highest BCUT2D eigenvalue weighted by Crippen LogP contribution is 2.32. The Morgan fingerprint density at radius 1 is 1.16 bits per heavy atom. The molecule has 0 saturated carbocycles. The van der Waals surface area contributed by atoms with Crippen molar-refractivity contribution < 1.29 is 17.9 Å². The van der Waals surface area contributed by atoms with Crippen molar-refractivity contribution in [3.63, 3.8) is 0 Å². The van der Waals surface area contributed by atoms with Crippen LogP contribution in [0.3, 0.4) is 0 Å². The number of rotatable bonds is 5. The lowest BCUT2D eigenvalue weighted by Crippen LogP contribution is -2.17. The summed E-state index contributed by atoms with van der Waals surface area (Å²) in [5.41, 5.74) is -0.286. The molecule has 0 aliphatic heterocycles. The minimum Gasteiger partial charge on any atom is -0.492 e. The summed E-state index contributed by atoms with van der Waals surface area (Å²) >= 11 is 5.35. The van der Waals surface area contributed by atoms with Gasteiger partial charge in [-0.2, -0.15) is 0 Å². The van der Waals surface area contributed by atoms with Gasteiger partial charge in [0.15, 0.2) is 10.4 Å². The molecule has 9 heteroatoms. The van der Waals surface area contributed by atoms with E-state index >= 15 is 0 Å². The number of nitrogens with zero attached hydrogens (tertiary/aromatic N) is 2. The topological polar surface area (TPSA) is 59.9 Å². The fraction of sp³-hybridized carbons (Fsp3) is 0.136. The molecule has 0 radical (unpaired) electrons. The Morgan fingerprint density at radius 2 is 1.87 bits per heavy atom. The Hall–Kier alpha value is -3.46. The Balaban J connectivity index is 2.14. The van der Waals surface area contributed by atoms with Gasteiger partial charge in [0.25, 0.3) is 12.0 Å². The standard InChI is InChI=1S/C22H16F3N3O2S/c1-2-30-17-6-4-3-5-16(17)28-20-18(21(29)27-22(28)31)14(19(24)25)11-15(26-20)12-7-9-13(23)10-8-12/h3-11,19H,2H2,1H3,(H,27,29,31).